The average molecular weight is 316 g/mol. The van der Waals surface area contributed by atoms with Crippen molar-refractivity contribution < 1.29 is 8.78 Å². The number of rotatable bonds is 5. The highest BCUT2D eigenvalue weighted by Gasteiger charge is 2.21. The molecule has 1 aliphatic rings. The lowest BCUT2D eigenvalue weighted by molar-refractivity contribution is 0.423. The molecule has 2 aromatic rings. The van der Waals surface area contributed by atoms with Gasteiger partial charge in [0.05, 0.1) is 0 Å². The number of unbranched alkanes of at least 4 members (excludes halogenated alkanes) is 1. The molecule has 0 heterocycles. The van der Waals surface area contributed by atoms with E-state index in [1.165, 1.54) is 30.4 Å². The Kier molecular flexibility index (Phi) is 4.99. The van der Waals surface area contributed by atoms with Gasteiger partial charge in [-0.3, -0.25) is 0 Å². The van der Waals surface area contributed by atoms with E-state index >= 15 is 0 Å². The molecule has 0 spiro atoms. The summed E-state index contributed by atoms with van der Waals surface area (Å²) < 4.78 is 28.8. The largest absolute Gasteiger partial charge is 0.203 e. The van der Waals surface area contributed by atoms with Gasteiger partial charge in [0.1, 0.15) is 0 Å². The average Bonchev–Trinajstić information content (AvgIpc) is 2.56. The Balaban J connectivity index is 2.02. The fraction of sp³-hybridized carbons (Fsp3) is 0.524. The van der Waals surface area contributed by atoms with Gasteiger partial charge >= 0.3 is 0 Å². The zero-order valence-electron chi connectivity index (χ0n) is 14.2. The number of benzene rings is 2. The summed E-state index contributed by atoms with van der Waals surface area (Å²) in [6.07, 6.45) is 8.22. The molecule has 0 N–H and O–H groups in total. The second kappa shape index (κ2) is 6.98. The van der Waals surface area contributed by atoms with Crippen molar-refractivity contribution >= 4 is 10.8 Å². The van der Waals surface area contributed by atoms with Crippen LogP contribution in [0.5, 0.6) is 0 Å². The van der Waals surface area contributed by atoms with Gasteiger partial charge in [-0.1, -0.05) is 39.2 Å². The van der Waals surface area contributed by atoms with Crippen LogP contribution >= 0.6 is 0 Å². The van der Waals surface area contributed by atoms with Crippen LogP contribution in [-0.4, -0.2) is 0 Å². The molecule has 0 saturated carbocycles. The van der Waals surface area contributed by atoms with Crippen molar-refractivity contribution in [3.8, 4) is 0 Å². The molecule has 2 heteroatoms. The topological polar surface area (TPSA) is 0 Å². The summed E-state index contributed by atoms with van der Waals surface area (Å²) in [6.45, 7) is 4.28. The van der Waals surface area contributed by atoms with Gasteiger partial charge in [-0.05, 0) is 72.2 Å². The van der Waals surface area contributed by atoms with Crippen LogP contribution in [0.15, 0.2) is 18.2 Å². The minimum atomic E-state index is -0.658. The van der Waals surface area contributed by atoms with E-state index in [1.807, 2.05) is 12.1 Å². The normalized spacial score (nSPS) is 17.5. The maximum atomic E-state index is 14.5. The molecule has 0 bridgehead atoms. The smallest absolute Gasteiger partial charge is 0.166 e. The first kappa shape index (κ1) is 16.4. The monoisotopic (exact) mass is 316 g/mol. The Hall–Kier alpha value is -1.44. The van der Waals surface area contributed by atoms with Crippen LogP contribution in [0.1, 0.15) is 62.6 Å². The Bertz CT molecular complexity index is 703. The van der Waals surface area contributed by atoms with Crippen molar-refractivity contribution in [1.29, 1.82) is 0 Å². The number of aryl methyl sites for hydroxylation is 2. The van der Waals surface area contributed by atoms with E-state index in [4.69, 9.17) is 0 Å². The molecule has 0 aliphatic heterocycles. The molecule has 23 heavy (non-hydrogen) atoms. The van der Waals surface area contributed by atoms with E-state index < -0.39 is 11.6 Å². The van der Waals surface area contributed by atoms with Gasteiger partial charge < -0.3 is 0 Å². The van der Waals surface area contributed by atoms with Gasteiger partial charge in [-0.15, -0.1) is 0 Å². The van der Waals surface area contributed by atoms with E-state index in [2.05, 4.69) is 19.9 Å². The number of fused-ring (bicyclic) bond motifs is 2. The first-order valence-corrected chi connectivity index (χ1v) is 9.06. The van der Waals surface area contributed by atoms with Crippen LogP contribution in [-0.2, 0) is 19.3 Å². The van der Waals surface area contributed by atoms with E-state index in [9.17, 15) is 8.78 Å². The summed E-state index contributed by atoms with van der Waals surface area (Å²) in [4.78, 5) is 0. The second-order valence-electron chi connectivity index (χ2n) is 7.01. The second-order valence-corrected chi connectivity index (χ2v) is 7.01. The van der Waals surface area contributed by atoms with Crippen molar-refractivity contribution in [2.75, 3.05) is 0 Å². The van der Waals surface area contributed by atoms with Gasteiger partial charge in [-0.2, -0.15) is 0 Å². The van der Waals surface area contributed by atoms with Crippen LogP contribution in [0.3, 0.4) is 0 Å². The highest BCUT2D eigenvalue weighted by molar-refractivity contribution is 5.86. The molecule has 1 unspecified atom stereocenters. The number of halogens is 2. The summed E-state index contributed by atoms with van der Waals surface area (Å²) in [6, 6.07) is 5.88. The Labute approximate surface area is 137 Å². The molecule has 0 aromatic heterocycles. The van der Waals surface area contributed by atoms with Crippen LogP contribution < -0.4 is 0 Å². The van der Waals surface area contributed by atoms with Crippen LogP contribution in [0, 0.1) is 17.6 Å². The molecule has 1 atom stereocenters. The third-order valence-electron chi connectivity index (χ3n) is 5.24. The first-order valence-electron chi connectivity index (χ1n) is 9.06. The lowest BCUT2D eigenvalue weighted by Crippen LogP contribution is -2.14. The van der Waals surface area contributed by atoms with Gasteiger partial charge in [-0.25, -0.2) is 8.78 Å². The van der Waals surface area contributed by atoms with E-state index in [0.29, 0.717) is 23.3 Å². The Morgan fingerprint density at radius 1 is 1.00 bits per heavy atom. The zero-order chi connectivity index (χ0) is 16.4. The zero-order valence-corrected chi connectivity index (χ0v) is 14.2. The summed E-state index contributed by atoms with van der Waals surface area (Å²) in [5.41, 5.74) is 3.08. The highest BCUT2D eigenvalue weighted by Crippen LogP contribution is 2.34. The number of hydrogen-bond acceptors (Lipinski definition) is 0. The molecular formula is C21H26F2. The third kappa shape index (κ3) is 3.27. The van der Waals surface area contributed by atoms with E-state index in [1.54, 1.807) is 0 Å². The summed E-state index contributed by atoms with van der Waals surface area (Å²) in [5.74, 6) is -0.609. The van der Waals surface area contributed by atoms with Gasteiger partial charge in [0, 0.05) is 5.39 Å². The highest BCUT2D eigenvalue weighted by atomic mass is 19.2. The minimum Gasteiger partial charge on any atom is -0.203 e. The SMILES string of the molecule is CCCCc1cc2cc3c(cc2c(F)c1F)CC(CCC)CC3. The molecule has 0 radical (unpaired) electrons. The van der Waals surface area contributed by atoms with E-state index in [-0.39, 0.29) is 0 Å². The minimum absolute atomic E-state index is 0.457. The van der Waals surface area contributed by atoms with Gasteiger partial charge in [0.2, 0.25) is 0 Å². The predicted molar refractivity (Wildman–Crippen MR) is 92.9 cm³/mol. The van der Waals surface area contributed by atoms with Gasteiger partial charge in [0.25, 0.3) is 0 Å². The molecular weight excluding hydrogens is 290 g/mol. The fourth-order valence-electron chi connectivity index (χ4n) is 3.93. The molecule has 0 saturated heterocycles. The summed E-state index contributed by atoms with van der Waals surface area (Å²) in [7, 11) is 0. The third-order valence-corrected chi connectivity index (χ3v) is 5.24. The standard InChI is InChI=1S/C21H26F2/c1-3-5-7-16-12-18-11-15-9-8-14(6-4-2)10-17(15)13-19(18)21(23)20(16)22/h11-14H,3-10H2,1-2H3. The van der Waals surface area contributed by atoms with Crippen molar-refractivity contribution in [2.45, 2.75) is 65.2 Å². The molecule has 124 valence electrons. The first-order chi connectivity index (χ1) is 11.1. The molecule has 2 aromatic carbocycles. The van der Waals surface area contributed by atoms with Crippen LogP contribution in [0.25, 0.3) is 10.8 Å². The molecule has 0 fully saturated rings. The maximum absolute atomic E-state index is 14.5. The maximum Gasteiger partial charge on any atom is 0.166 e. The number of hydrogen-bond donors (Lipinski definition) is 0. The Morgan fingerprint density at radius 2 is 1.83 bits per heavy atom. The van der Waals surface area contributed by atoms with Crippen molar-refractivity contribution in [1.82, 2.24) is 0 Å². The lowest BCUT2D eigenvalue weighted by atomic mass is 9.80. The van der Waals surface area contributed by atoms with E-state index in [0.717, 1.165) is 31.1 Å². The van der Waals surface area contributed by atoms with Crippen molar-refractivity contribution in [2.24, 2.45) is 5.92 Å². The van der Waals surface area contributed by atoms with Gasteiger partial charge in [0.15, 0.2) is 11.6 Å². The summed E-state index contributed by atoms with van der Waals surface area (Å²) >= 11 is 0. The fourth-order valence-corrected chi connectivity index (χ4v) is 3.93. The Morgan fingerprint density at radius 3 is 2.57 bits per heavy atom. The quantitative estimate of drug-likeness (QED) is 0.601. The van der Waals surface area contributed by atoms with Crippen molar-refractivity contribution in [3.05, 3.63) is 46.5 Å². The van der Waals surface area contributed by atoms with Crippen LogP contribution in [0.4, 0.5) is 8.78 Å². The molecule has 0 nitrogen and oxygen atoms in total. The predicted octanol–water partition coefficient (Wildman–Crippen LogP) is 6.37. The molecule has 0 amide bonds. The molecule has 3 rings (SSSR count). The lowest BCUT2D eigenvalue weighted by Gasteiger charge is -2.25. The van der Waals surface area contributed by atoms with Crippen molar-refractivity contribution in [3.63, 3.8) is 0 Å². The van der Waals surface area contributed by atoms with Crippen LogP contribution in [0.2, 0.25) is 0 Å². The summed E-state index contributed by atoms with van der Waals surface area (Å²) in [5, 5.41) is 1.32. The molecule has 1 aliphatic carbocycles.